The van der Waals surface area contributed by atoms with Gasteiger partial charge in [-0.25, -0.2) is 9.59 Å². The Bertz CT molecular complexity index is 3470. The highest BCUT2D eigenvalue weighted by Gasteiger charge is 2.43. The van der Waals surface area contributed by atoms with E-state index in [9.17, 15) is 38.4 Å². The van der Waals surface area contributed by atoms with Crippen molar-refractivity contribution in [3.63, 3.8) is 0 Å². The highest BCUT2D eigenvalue weighted by atomic mass is 16.5. The van der Waals surface area contributed by atoms with Crippen LogP contribution in [0.25, 0.3) is 10.8 Å². The van der Waals surface area contributed by atoms with Gasteiger partial charge in [-0.15, -0.1) is 0 Å². The number of piperidine rings is 1. The van der Waals surface area contributed by atoms with Crippen LogP contribution in [0.3, 0.4) is 0 Å². The summed E-state index contributed by atoms with van der Waals surface area (Å²) in [5.41, 5.74) is 0.439. The minimum Gasteiger partial charge on any atom is -0.493 e. The Hall–Kier alpha value is -9.11. The molecule has 2 heterocycles. The van der Waals surface area contributed by atoms with Crippen molar-refractivity contribution in [3.8, 4) is 17.2 Å². The lowest BCUT2D eigenvalue weighted by molar-refractivity contribution is -0.165. The van der Waals surface area contributed by atoms with E-state index in [1.165, 1.54) is 74.8 Å². The van der Waals surface area contributed by atoms with Crippen molar-refractivity contribution in [3.05, 3.63) is 150 Å². The fourth-order valence-corrected chi connectivity index (χ4v) is 10.8. The predicted octanol–water partition coefficient (Wildman–Crippen LogP) is 7.33. The summed E-state index contributed by atoms with van der Waals surface area (Å²) in [7, 11) is 7.48. The number of aryl methyl sites for hydroxylation is 1. The number of hydrogen-bond acceptors (Lipinski definition) is 15. The molecule has 0 spiro atoms. The summed E-state index contributed by atoms with van der Waals surface area (Å²) in [6.07, 6.45) is 3.83. The van der Waals surface area contributed by atoms with Gasteiger partial charge in [0.1, 0.15) is 48.7 Å². The largest absolute Gasteiger partial charge is 0.493 e. The van der Waals surface area contributed by atoms with E-state index in [0.29, 0.717) is 41.9 Å². The third-order valence-electron chi connectivity index (χ3n) is 16.6. The Kier molecular flexibility index (Phi) is 24.7. The Morgan fingerprint density at radius 1 is 0.663 bits per heavy atom. The summed E-state index contributed by atoms with van der Waals surface area (Å²) in [6.45, 7) is 8.72. The molecule has 6 amide bonds. The second kappa shape index (κ2) is 32.3. The number of nitrogens with one attached hydrogen (secondary N) is 2. The number of carbonyl (C=O) groups is 9. The minimum absolute atomic E-state index is 0.0244. The number of Topliss-reactive ketones (excluding diaryl/α,β-unsaturated/α-hetero) is 1. The molecule has 2 N–H and O–H groups in total. The van der Waals surface area contributed by atoms with Crippen molar-refractivity contribution in [2.75, 3.05) is 68.3 Å². The molecular formula is C71H88N6O15. The number of carbonyl (C=O) groups excluding carboxylic acids is 9. The lowest BCUT2D eigenvalue weighted by Crippen LogP contribution is -2.60. The van der Waals surface area contributed by atoms with Gasteiger partial charge < -0.3 is 58.7 Å². The molecule has 5 aromatic carbocycles. The maximum absolute atomic E-state index is 15.2. The van der Waals surface area contributed by atoms with Crippen LogP contribution in [-0.4, -0.2) is 177 Å². The van der Waals surface area contributed by atoms with Crippen LogP contribution < -0.4 is 24.8 Å². The van der Waals surface area contributed by atoms with Gasteiger partial charge in [-0.3, -0.25) is 33.6 Å². The van der Waals surface area contributed by atoms with E-state index >= 15 is 4.79 Å². The summed E-state index contributed by atoms with van der Waals surface area (Å²) in [6, 6.07) is 28.5. The van der Waals surface area contributed by atoms with E-state index in [2.05, 4.69) is 10.6 Å². The molecule has 1 fully saturated rings. The molecule has 6 atom stereocenters. The van der Waals surface area contributed by atoms with Gasteiger partial charge in [-0.1, -0.05) is 97.1 Å². The molecule has 92 heavy (non-hydrogen) atoms. The van der Waals surface area contributed by atoms with E-state index in [4.69, 9.17) is 28.4 Å². The van der Waals surface area contributed by atoms with Gasteiger partial charge in [0.2, 0.25) is 29.4 Å². The highest BCUT2D eigenvalue weighted by molar-refractivity contribution is 6.38. The summed E-state index contributed by atoms with van der Waals surface area (Å²) >= 11 is 0. The van der Waals surface area contributed by atoms with Crippen LogP contribution in [-0.2, 0) is 76.6 Å². The SMILES string of the molecule is COc1ccc(CC[C@H]2OC(=O)[C@@H]3CCCCN3C(=O)C(=O)C(C)(C)COC(=O)C=CCCN(C)C(=O)[C@H](Cc3ccccc3)NC(=O)[C@H](COC(C)(C)C)N(C)C(=O)[C@H](Cc3ccc4ccccc4c3)NC(=O)[C@H](C)N(C)C(=O)COc3cccc2c3)cc1OC. The average Bonchev–Trinajstić information content (AvgIpc) is 1.05. The molecule has 492 valence electrons. The fraction of sp³-hybridized carbons (Fsp3) is 0.451. The first-order valence-corrected chi connectivity index (χ1v) is 31.1. The summed E-state index contributed by atoms with van der Waals surface area (Å²) < 4.78 is 35.2. The molecule has 7 rings (SSSR count). The monoisotopic (exact) mass is 1260 g/mol. The van der Waals surface area contributed by atoms with Crippen LogP contribution in [0.15, 0.2) is 127 Å². The number of likely N-dealkylation sites (N-methyl/N-ethyl adjacent to an activating group) is 3. The zero-order valence-corrected chi connectivity index (χ0v) is 54.7. The first-order valence-electron chi connectivity index (χ1n) is 31.1. The van der Waals surface area contributed by atoms with Gasteiger partial charge in [-0.2, -0.15) is 0 Å². The molecule has 2 aliphatic heterocycles. The summed E-state index contributed by atoms with van der Waals surface area (Å²) in [4.78, 5) is 134. The smallest absolute Gasteiger partial charge is 0.330 e. The first-order chi connectivity index (χ1) is 43.8. The van der Waals surface area contributed by atoms with Crippen molar-refractivity contribution >= 4 is 63.9 Å². The summed E-state index contributed by atoms with van der Waals surface area (Å²) in [5.74, 6) is -5.24. The topological polar surface area (TPSA) is 246 Å². The quantitative estimate of drug-likeness (QED) is 0.0971. The van der Waals surface area contributed by atoms with Crippen LogP contribution in [0.1, 0.15) is 102 Å². The average molecular weight is 1270 g/mol. The van der Waals surface area contributed by atoms with Gasteiger partial charge in [0.25, 0.3) is 11.8 Å². The Labute approximate surface area is 539 Å². The predicted molar refractivity (Wildman–Crippen MR) is 345 cm³/mol. The Balaban J connectivity index is 1.22. The summed E-state index contributed by atoms with van der Waals surface area (Å²) in [5, 5.41) is 7.67. The van der Waals surface area contributed by atoms with Gasteiger partial charge in [0.15, 0.2) is 18.1 Å². The number of cyclic esters (lactones) is 2. The number of benzene rings is 5. The number of ether oxygens (including phenoxy) is 6. The highest BCUT2D eigenvalue weighted by Crippen LogP contribution is 2.33. The molecule has 2 aliphatic rings. The minimum atomic E-state index is -1.52. The van der Waals surface area contributed by atoms with Crippen molar-refractivity contribution in [2.45, 2.75) is 135 Å². The van der Waals surface area contributed by atoms with E-state index in [0.717, 1.165) is 28.0 Å². The Morgan fingerprint density at radius 2 is 1.34 bits per heavy atom. The zero-order valence-electron chi connectivity index (χ0n) is 54.7. The number of esters is 2. The zero-order chi connectivity index (χ0) is 66.9. The Morgan fingerprint density at radius 3 is 2.05 bits per heavy atom. The number of hydrogen-bond donors (Lipinski definition) is 2. The molecule has 0 aromatic heterocycles. The van der Waals surface area contributed by atoms with Crippen LogP contribution in [0.4, 0.5) is 0 Å². The van der Waals surface area contributed by atoms with Gasteiger partial charge >= 0.3 is 11.9 Å². The van der Waals surface area contributed by atoms with Gasteiger partial charge in [0.05, 0.1) is 31.8 Å². The third-order valence-corrected chi connectivity index (χ3v) is 16.6. The van der Waals surface area contributed by atoms with Crippen LogP contribution in [0.2, 0.25) is 0 Å². The van der Waals surface area contributed by atoms with Crippen molar-refractivity contribution < 1.29 is 71.6 Å². The van der Waals surface area contributed by atoms with E-state index < -0.39 is 114 Å². The molecule has 1 saturated heterocycles. The second-order valence-corrected chi connectivity index (χ2v) is 25.1. The number of nitrogens with zero attached hydrogens (tertiary/aromatic N) is 4. The number of fused-ring (bicyclic) bond motifs is 4. The molecule has 21 heteroatoms. The maximum atomic E-state index is 15.2. The van der Waals surface area contributed by atoms with Crippen LogP contribution >= 0.6 is 0 Å². The fourth-order valence-electron chi connectivity index (χ4n) is 10.8. The van der Waals surface area contributed by atoms with Crippen LogP contribution in [0.5, 0.6) is 17.2 Å². The van der Waals surface area contributed by atoms with E-state index in [1.54, 1.807) is 70.3 Å². The van der Waals surface area contributed by atoms with Crippen LogP contribution in [0, 0.1) is 5.41 Å². The van der Waals surface area contributed by atoms with Crippen molar-refractivity contribution in [1.29, 1.82) is 0 Å². The third kappa shape index (κ3) is 19.2. The lowest BCUT2D eigenvalue weighted by atomic mass is 9.87. The molecule has 0 unspecified atom stereocenters. The van der Waals surface area contributed by atoms with E-state index in [1.807, 2.05) is 72.8 Å². The molecule has 0 aliphatic carbocycles. The molecule has 0 saturated carbocycles. The number of methoxy groups -OCH3 is 2. The van der Waals surface area contributed by atoms with Crippen molar-refractivity contribution in [1.82, 2.24) is 30.2 Å². The maximum Gasteiger partial charge on any atom is 0.330 e. The molecule has 5 aromatic rings. The molecule has 21 nitrogen and oxygen atoms in total. The lowest BCUT2D eigenvalue weighted by Gasteiger charge is -2.36. The van der Waals surface area contributed by atoms with Gasteiger partial charge in [0, 0.05) is 53.2 Å². The van der Waals surface area contributed by atoms with Crippen molar-refractivity contribution in [2.24, 2.45) is 5.41 Å². The first kappa shape index (κ1) is 70.3. The second-order valence-electron chi connectivity index (χ2n) is 25.1. The van der Waals surface area contributed by atoms with Gasteiger partial charge in [-0.05, 0) is 137 Å². The van der Waals surface area contributed by atoms with E-state index in [-0.39, 0.29) is 57.6 Å². The number of rotatable bonds is 11. The molecule has 2 bridgehead atoms. The number of ketones is 1. The normalized spacial score (nSPS) is 21.9. The number of amides is 6. The molecule has 0 radical (unpaired) electrons. The standard InChI is InChI=1S/C71H88N6O15/c1-46-64(81)72-55(40-49-30-33-50-24-15-16-25-51(50)38-49)67(84)76(9)57(43-91-70(2,3)4)65(82)73-54(39-47-22-13-12-14-23-47)66(83)74(7)36-19-18-29-62(79)90-45-71(5,6)63(80)68(85)77-37-20-17-28-56(77)69(86)92-58(34-31-48-32-35-59(87-10)60(41-48)88-11)52-26-21-27-53(42-52)89-44-61(78)75(46)8/h12-16,18,21-27,29-30,32-33,35,38,41-42,46,54-58H,17,19-20,28,31,34,36-37,39-40,43-45H2,1-11H3,(H,72,81)(H,73,82)/t46-,54-,55-,56-,57-,58+/m0/s1. The molecular weight excluding hydrogens is 1180 g/mol.